The van der Waals surface area contributed by atoms with E-state index in [1.807, 2.05) is 6.07 Å². The van der Waals surface area contributed by atoms with Gasteiger partial charge in [-0.15, -0.1) is 0 Å². The molecule has 0 aliphatic carbocycles. The van der Waals surface area contributed by atoms with E-state index in [0.717, 1.165) is 49.3 Å². The Bertz CT molecular complexity index is 686. The van der Waals surface area contributed by atoms with E-state index >= 15 is 0 Å². The second-order valence-electron chi connectivity index (χ2n) is 5.42. The Hall–Kier alpha value is -1.72. The Balaban J connectivity index is 1.97. The number of rotatable bonds is 2. The lowest BCUT2D eigenvalue weighted by Crippen LogP contribution is -2.43. The molecule has 2 heterocycles. The largest absolute Gasteiger partial charge is 0.319 e. The zero-order valence-corrected chi connectivity index (χ0v) is 12.0. The molecule has 1 saturated heterocycles. The lowest BCUT2D eigenvalue weighted by atomic mass is 10.1. The number of fused-ring (bicyclic) bond motifs is 1. The predicted molar refractivity (Wildman–Crippen MR) is 80.0 cm³/mol. The van der Waals surface area contributed by atoms with Gasteiger partial charge < -0.3 is 10.3 Å². The van der Waals surface area contributed by atoms with Crippen LogP contribution in [0.2, 0.25) is 0 Å². The summed E-state index contributed by atoms with van der Waals surface area (Å²) < 4.78 is 0. The first-order valence-electron chi connectivity index (χ1n) is 7.07. The van der Waals surface area contributed by atoms with E-state index in [0.29, 0.717) is 5.69 Å². The van der Waals surface area contributed by atoms with Gasteiger partial charge in [-0.05, 0) is 31.0 Å². The summed E-state index contributed by atoms with van der Waals surface area (Å²) in [6.07, 6.45) is 0. The number of aromatic nitrogens is 2. The summed E-state index contributed by atoms with van der Waals surface area (Å²) in [4.78, 5) is 21.5. The summed E-state index contributed by atoms with van der Waals surface area (Å²) in [7, 11) is 0. The molecule has 1 fully saturated rings. The van der Waals surface area contributed by atoms with E-state index in [2.05, 4.69) is 33.2 Å². The molecule has 2 aromatic rings. The lowest BCUT2D eigenvalue weighted by molar-refractivity contribution is 0.233. The summed E-state index contributed by atoms with van der Waals surface area (Å²) in [6.45, 7) is 8.96. The van der Waals surface area contributed by atoms with Crippen molar-refractivity contribution in [1.29, 1.82) is 0 Å². The monoisotopic (exact) mass is 272 g/mol. The van der Waals surface area contributed by atoms with Gasteiger partial charge >= 0.3 is 0 Å². The van der Waals surface area contributed by atoms with Crippen molar-refractivity contribution in [2.75, 3.05) is 26.2 Å². The van der Waals surface area contributed by atoms with Gasteiger partial charge in [-0.25, -0.2) is 4.98 Å². The first-order valence-corrected chi connectivity index (χ1v) is 7.07. The Kier molecular flexibility index (Phi) is 3.54. The zero-order chi connectivity index (χ0) is 14.1. The minimum Gasteiger partial charge on any atom is -0.319 e. The molecule has 3 rings (SSSR count). The molecule has 20 heavy (non-hydrogen) atoms. The van der Waals surface area contributed by atoms with E-state index in [-0.39, 0.29) is 5.56 Å². The molecular weight excluding hydrogens is 252 g/mol. The second kappa shape index (κ2) is 5.34. The van der Waals surface area contributed by atoms with Gasteiger partial charge in [-0.2, -0.15) is 0 Å². The second-order valence-corrected chi connectivity index (χ2v) is 5.42. The van der Waals surface area contributed by atoms with Crippen LogP contribution in [0.25, 0.3) is 11.0 Å². The van der Waals surface area contributed by atoms with Crippen molar-refractivity contribution in [3.63, 3.8) is 0 Å². The smallest absolute Gasteiger partial charge is 0.269 e. The van der Waals surface area contributed by atoms with E-state index < -0.39 is 0 Å². The summed E-state index contributed by atoms with van der Waals surface area (Å²) in [5.41, 5.74) is 4.55. The van der Waals surface area contributed by atoms with Crippen LogP contribution in [0.15, 0.2) is 16.9 Å². The number of aromatic amines is 1. The number of piperazine rings is 1. The first-order chi connectivity index (χ1) is 9.65. The van der Waals surface area contributed by atoms with Crippen LogP contribution in [0.3, 0.4) is 0 Å². The molecule has 0 spiro atoms. The molecule has 1 aromatic carbocycles. The molecule has 1 aromatic heterocycles. The van der Waals surface area contributed by atoms with E-state index in [4.69, 9.17) is 0 Å². The number of hydrogen-bond acceptors (Lipinski definition) is 4. The number of aryl methyl sites for hydroxylation is 2. The zero-order valence-electron chi connectivity index (χ0n) is 12.0. The molecule has 0 atom stereocenters. The van der Waals surface area contributed by atoms with Gasteiger partial charge in [0.05, 0.1) is 11.0 Å². The first kappa shape index (κ1) is 13.3. The Morgan fingerprint density at radius 2 is 2.00 bits per heavy atom. The molecule has 0 radical (unpaired) electrons. The van der Waals surface area contributed by atoms with Crippen molar-refractivity contribution in [3.05, 3.63) is 39.3 Å². The Morgan fingerprint density at radius 1 is 1.25 bits per heavy atom. The molecule has 106 valence electrons. The highest BCUT2D eigenvalue weighted by Crippen LogP contribution is 2.19. The fraction of sp³-hybridized carbons (Fsp3) is 0.467. The van der Waals surface area contributed by atoms with Crippen molar-refractivity contribution in [3.8, 4) is 0 Å². The molecule has 1 aliphatic heterocycles. The summed E-state index contributed by atoms with van der Waals surface area (Å²) in [6, 6.07) is 4.13. The molecular formula is C15H20N4O. The average Bonchev–Trinajstić information content (AvgIpc) is 2.46. The maximum Gasteiger partial charge on any atom is 0.269 e. The van der Waals surface area contributed by atoms with E-state index in [1.54, 1.807) is 6.92 Å². The van der Waals surface area contributed by atoms with Crippen LogP contribution in [0.4, 0.5) is 0 Å². The maximum absolute atomic E-state index is 11.7. The fourth-order valence-corrected chi connectivity index (χ4v) is 2.71. The van der Waals surface area contributed by atoms with Crippen LogP contribution >= 0.6 is 0 Å². The standard InChI is InChI=1S/C15H20N4O/c1-10-12(9-19-7-5-16-6-8-19)3-4-13-14(10)18-15(20)11(2)17-13/h3-4,16H,5-9H2,1-2H3,(H,18,20). The molecule has 2 N–H and O–H groups in total. The van der Waals surface area contributed by atoms with Crippen molar-refractivity contribution in [1.82, 2.24) is 20.2 Å². The van der Waals surface area contributed by atoms with Crippen LogP contribution in [0.1, 0.15) is 16.8 Å². The third kappa shape index (κ3) is 2.46. The number of hydrogen-bond donors (Lipinski definition) is 2. The van der Waals surface area contributed by atoms with Crippen molar-refractivity contribution >= 4 is 11.0 Å². The third-order valence-electron chi connectivity index (χ3n) is 4.01. The molecule has 0 amide bonds. The summed E-state index contributed by atoms with van der Waals surface area (Å²) in [5, 5.41) is 3.36. The number of benzene rings is 1. The fourth-order valence-electron chi connectivity index (χ4n) is 2.71. The topological polar surface area (TPSA) is 61.0 Å². The van der Waals surface area contributed by atoms with Gasteiger partial charge in [0.1, 0.15) is 5.69 Å². The normalized spacial score (nSPS) is 16.7. The molecule has 0 bridgehead atoms. The minimum absolute atomic E-state index is 0.0973. The van der Waals surface area contributed by atoms with Crippen molar-refractivity contribution in [2.45, 2.75) is 20.4 Å². The van der Waals surface area contributed by atoms with Crippen LogP contribution in [0.5, 0.6) is 0 Å². The molecule has 1 aliphatic rings. The van der Waals surface area contributed by atoms with Crippen LogP contribution < -0.4 is 10.9 Å². The summed E-state index contributed by atoms with van der Waals surface area (Å²) in [5.74, 6) is 0. The third-order valence-corrected chi connectivity index (χ3v) is 4.01. The highest BCUT2D eigenvalue weighted by atomic mass is 16.1. The van der Waals surface area contributed by atoms with Crippen molar-refractivity contribution in [2.24, 2.45) is 0 Å². The van der Waals surface area contributed by atoms with Gasteiger partial charge in [0.15, 0.2) is 0 Å². The molecule has 0 saturated carbocycles. The van der Waals surface area contributed by atoms with E-state index in [9.17, 15) is 4.79 Å². The molecule has 5 heteroatoms. The Labute approximate surface area is 118 Å². The molecule has 5 nitrogen and oxygen atoms in total. The van der Waals surface area contributed by atoms with Crippen LogP contribution in [-0.2, 0) is 6.54 Å². The Morgan fingerprint density at radius 3 is 2.75 bits per heavy atom. The number of nitrogens with one attached hydrogen (secondary N) is 2. The highest BCUT2D eigenvalue weighted by Gasteiger charge is 2.13. The van der Waals surface area contributed by atoms with Crippen LogP contribution in [0, 0.1) is 13.8 Å². The van der Waals surface area contributed by atoms with Gasteiger partial charge in [0.25, 0.3) is 5.56 Å². The quantitative estimate of drug-likeness (QED) is 0.854. The predicted octanol–water partition coefficient (Wildman–Crippen LogP) is 0.945. The average molecular weight is 272 g/mol. The number of H-pyrrole nitrogens is 1. The summed E-state index contributed by atoms with van der Waals surface area (Å²) >= 11 is 0. The number of nitrogens with zero attached hydrogens (tertiary/aromatic N) is 2. The highest BCUT2D eigenvalue weighted by molar-refractivity contribution is 5.78. The van der Waals surface area contributed by atoms with Crippen molar-refractivity contribution < 1.29 is 0 Å². The van der Waals surface area contributed by atoms with Gasteiger partial charge in [-0.1, -0.05) is 6.07 Å². The SMILES string of the molecule is Cc1nc2ccc(CN3CCNCC3)c(C)c2[nH]c1=O. The van der Waals surface area contributed by atoms with Crippen LogP contribution in [-0.4, -0.2) is 41.0 Å². The van der Waals surface area contributed by atoms with E-state index in [1.165, 1.54) is 5.56 Å². The minimum atomic E-state index is -0.0973. The van der Waals surface area contributed by atoms with Gasteiger partial charge in [-0.3, -0.25) is 9.69 Å². The lowest BCUT2D eigenvalue weighted by Gasteiger charge is -2.27. The maximum atomic E-state index is 11.7. The molecule has 0 unspecified atom stereocenters. The van der Waals surface area contributed by atoms with Gasteiger partial charge in [0, 0.05) is 32.7 Å². The van der Waals surface area contributed by atoms with Gasteiger partial charge in [0.2, 0.25) is 0 Å².